The number of halogens is 2. The second-order valence-electron chi connectivity index (χ2n) is 3.08. The number of nitrogens with two attached hydrogens (primary N) is 1. The van der Waals surface area contributed by atoms with Crippen molar-refractivity contribution in [2.45, 2.75) is 18.9 Å². The molecule has 0 unspecified atom stereocenters. The minimum atomic E-state index is -2.48. The number of benzene rings is 1. The van der Waals surface area contributed by atoms with Crippen LogP contribution in [-0.2, 0) is 0 Å². The van der Waals surface area contributed by atoms with Crippen molar-refractivity contribution in [2.24, 2.45) is 5.73 Å². The number of non-ortho nitro benzene ring substituents is 1. The van der Waals surface area contributed by atoms with E-state index in [4.69, 9.17) is 5.73 Å². The van der Waals surface area contributed by atoms with Gasteiger partial charge in [-0.15, -0.1) is 0 Å². The molecule has 0 heterocycles. The summed E-state index contributed by atoms with van der Waals surface area (Å²) in [6.07, 6.45) is -2.92. The summed E-state index contributed by atoms with van der Waals surface area (Å²) in [5.41, 5.74) is 5.86. The first kappa shape index (κ1) is 11.5. The number of rotatable bonds is 4. The highest BCUT2D eigenvalue weighted by Gasteiger charge is 2.13. The van der Waals surface area contributed by atoms with Crippen LogP contribution in [0.3, 0.4) is 0 Å². The van der Waals surface area contributed by atoms with Gasteiger partial charge in [-0.05, 0) is 5.56 Å². The highest BCUT2D eigenvalue weighted by Crippen LogP contribution is 2.20. The summed E-state index contributed by atoms with van der Waals surface area (Å²) in [4.78, 5) is 9.76. The predicted molar refractivity (Wildman–Crippen MR) is 50.6 cm³/mol. The van der Waals surface area contributed by atoms with Gasteiger partial charge in [0.15, 0.2) is 0 Å². The minimum Gasteiger partial charge on any atom is -0.324 e. The van der Waals surface area contributed by atoms with E-state index < -0.39 is 23.8 Å². The summed E-state index contributed by atoms with van der Waals surface area (Å²) >= 11 is 0. The number of hydrogen-bond donors (Lipinski definition) is 1. The molecule has 0 spiro atoms. The average molecular weight is 216 g/mol. The van der Waals surface area contributed by atoms with Gasteiger partial charge < -0.3 is 5.73 Å². The molecule has 0 aromatic heterocycles. The smallest absolute Gasteiger partial charge is 0.269 e. The lowest BCUT2D eigenvalue weighted by Gasteiger charge is -2.10. The normalized spacial score (nSPS) is 12.8. The number of alkyl halides is 2. The Bertz CT molecular complexity index is 340. The molecule has 1 atom stereocenters. The predicted octanol–water partition coefficient (Wildman–Crippen LogP) is 2.25. The van der Waals surface area contributed by atoms with Crippen LogP contribution in [0, 0.1) is 10.1 Å². The Morgan fingerprint density at radius 2 is 1.87 bits per heavy atom. The van der Waals surface area contributed by atoms with Crippen molar-refractivity contribution in [3.63, 3.8) is 0 Å². The zero-order valence-electron chi connectivity index (χ0n) is 7.77. The van der Waals surface area contributed by atoms with Gasteiger partial charge in [0.2, 0.25) is 6.43 Å². The maximum absolute atomic E-state index is 12.0. The van der Waals surface area contributed by atoms with Crippen LogP contribution < -0.4 is 5.73 Å². The average Bonchev–Trinajstić information content (AvgIpc) is 2.17. The molecule has 0 fully saturated rings. The number of hydrogen-bond acceptors (Lipinski definition) is 3. The second kappa shape index (κ2) is 4.79. The quantitative estimate of drug-likeness (QED) is 0.619. The van der Waals surface area contributed by atoms with E-state index >= 15 is 0 Å². The van der Waals surface area contributed by atoms with Gasteiger partial charge >= 0.3 is 0 Å². The van der Waals surface area contributed by atoms with Crippen molar-refractivity contribution in [1.29, 1.82) is 0 Å². The van der Waals surface area contributed by atoms with Crippen molar-refractivity contribution in [3.05, 3.63) is 39.9 Å². The molecular formula is C9H10F2N2O2. The Morgan fingerprint density at radius 3 is 2.27 bits per heavy atom. The molecule has 0 radical (unpaired) electrons. The van der Waals surface area contributed by atoms with Crippen LogP contribution in [0.5, 0.6) is 0 Å². The van der Waals surface area contributed by atoms with Gasteiger partial charge in [-0.25, -0.2) is 8.78 Å². The lowest BCUT2D eigenvalue weighted by Crippen LogP contribution is -2.13. The summed E-state index contributed by atoms with van der Waals surface area (Å²) in [5, 5.41) is 10.3. The maximum atomic E-state index is 12.0. The summed E-state index contributed by atoms with van der Waals surface area (Å²) in [5.74, 6) is 0. The minimum absolute atomic E-state index is 0.0806. The lowest BCUT2D eigenvalue weighted by atomic mass is 10.0. The SMILES string of the molecule is N[C@H](CC(F)F)c1ccc([N+](=O)[O-])cc1. The van der Waals surface area contributed by atoms with Crippen molar-refractivity contribution in [2.75, 3.05) is 0 Å². The van der Waals surface area contributed by atoms with E-state index in [0.29, 0.717) is 5.56 Å². The molecule has 0 amide bonds. The highest BCUT2D eigenvalue weighted by atomic mass is 19.3. The Morgan fingerprint density at radius 1 is 1.33 bits per heavy atom. The molecule has 1 aromatic carbocycles. The molecule has 1 rings (SSSR count). The molecular weight excluding hydrogens is 206 g/mol. The fourth-order valence-electron chi connectivity index (χ4n) is 1.17. The Balaban J connectivity index is 2.75. The monoisotopic (exact) mass is 216 g/mol. The lowest BCUT2D eigenvalue weighted by molar-refractivity contribution is -0.384. The van der Waals surface area contributed by atoms with Crippen molar-refractivity contribution < 1.29 is 13.7 Å². The van der Waals surface area contributed by atoms with Gasteiger partial charge in [0.1, 0.15) is 0 Å². The number of nitro groups is 1. The van der Waals surface area contributed by atoms with E-state index in [9.17, 15) is 18.9 Å². The van der Waals surface area contributed by atoms with Crippen LogP contribution in [0.25, 0.3) is 0 Å². The fraction of sp³-hybridized carbons (Fsp3) is 0.333. The van der Waals surface area contributed by atoms with Gasteiger partial charge in [0, 0.05) is 24.6 Å². The van der Waals surface area contributed by atoms with Gasteiger partial charge in [-0.3, -0.25) is 10.1 Å². The molecule has 0 bridgehead atoms. The van der Waals surface area contributed by atoms with Crippen molar-refractivity contribution in [3.8, 4) is 0 Å². The molecule has 0 aliphatic heterocycles. The van der Waals surface area contributed by atoms with Gasteiger partial charge in [-0.2, -0.15) is 0 Å². The highest BCUT2D eigenvalue weighted by molar-refractivity contribution is 5.34. The fourth-order valence-corrected chi connectivity index (χ4v) is 1.17. The molecule has 0 aliphatic rings. The zero-order chi connectivity index (χ0) is 11.4. The third-order valence-corrected chi connectivity index (χ3v) is 1.96. The molecule has 2 N–H and O–H groups in total. The molecule has 4 nitrogen and oxygen atoms in total. The van der Waals surface area contributed by atoms with Crippen LogP contribution in [0.2, 0.25) is 0 Å². The first-order valence-electron chi connectivity index (χ1n) is 4.29. The molecule has 0 aliphatic carbocycles. The van der Waals surface area contributed by atoms with Crippen LogP contribution >= 0.6 is 0 Å². The first-order valence-corrected chi connectivity index (χ1v) is 4.29. The van der Waals surface area contributed by atoms with E-state index in [1.54, 1.807) is 0 Å². The molecule has 0 saturated carbocycles. The van der Waals surface area contributed by atoms with E-state index in [1.165, 1.54) is 24.3 Å². The summed E-state index contributed by atoms with van der Waals surface area (Å²) in [6.45, 7) is 0. The third-order valence-electron chi connectivity index (χ3n) is 1.96. The van der Waals surface area contributed by atoms with E-state index in [1.807, 2.05) is 0 Å². The number of nitrogens with zero attached hydrogens (tertiary/aromatic N) is 1. The summed E-state index contributed by atoms with van der Waals surface area (Å²) in [6, 6.07) is 4.50. The maximum Gasteiger partial charge on any atom is 0.269 e. The Kier molecular flexibility index (Phi) is 3.68. The Labute approximate surface area is 84.9 Å². The zero-order valence-corrected chi connectivity index (χ0v) is 7.77. The van der Waals surface area contributed by atoms with E-state index in [-0.39, 0.29) is 5.69 Å². The molecule has 82 valence electrons. The number of nitro benzene ring substituents is 1. The van der Waals surface area contributed by atoms with Gasteiger partial charge in [0.25, 0.3) is 5.69 Å². The van der Waals surface area contributed by atoms with Crippen LogP contribution in [-0.4, -0.2) is 11.3 Å². The first-order chi connectivity index (χ1) is 7.00. The molecule has 6 heteroatoms. The van der Waals surface area contributed by atoms with Gasteiger partial charge in [-0.1, -0.05) is 12.1 Å². The van der Waals surface area contributed by atoms with E-state index in [2.05, 4.69) is 0 Å². The van der Waals surface area contributed by atoms with Crippen molar-refractivity contribution in [1.82, 2.24) is 0 Å². The van der Waals surface area contributed by atoms with E-state index in [0.717, 1.165) is 0 Å². The molecule has 0 saturated heterocycles. The van der Waals surface area contributed by atoms with Crippen LogP contribution in [0.15, 0.2) is 24.3 Å². The largest absolute Gasteiger partial charge is 0.324 e. The standard InChI is InChI=1S/C9H10F2N2O2/c10-9(11)5-8(12)6-1-3-7(4-2-6)13(14)15/h1-4,8-9H,5,12H2/t8-/m1/s1. The summed E-state index contributed by atoms with van der Waals surface area (Å²) in [7, 11) is 0. The summed E-state index contributed by atoms with van der Waals surface area (Å²) < 4.78 is 24.0. The van der Waals surface area contributed by atoms with Gasteiger partial charge in [0.05, 0.1) is 4.92 Å². The van der Waals surface area contributed by atoms with Crippen LogP contribution in [0.4, 0.5) is 14.5 Å². The van der Waals surface area contributed by atoms with Crippen LogP contribution in [0.1, 0.15) is 18.0 Å². The molecule has 1 aromatic rings. The van der Waals surface area contributed by atoms with Crippen molar-refractivity contribution >= 4 is 5.69 Å². The second-order valence-corrected chi connectivity index (χ2v) is 3.08. The molecule has 15 heavy (non-hydrogen) atoms. The Hall–Kier alpha value is -1.56. The third kappa shape index (κ3) is 3.25. The topological polar surface area (TPSA) is 69.2 Å².